The monoisotopic (exact) mass is 822 g/mol. The van der Waals surface area contributed by atoms with Crippen molar-refractivity contribution in [3.63, 3.8) is 0 Å². The van der Waals surface area contributed by atoms with Gasteiger partial charge in [0.05, 0.1) is 28.4 Å². The molecule has 4 heterocycles. The van der Waals surface area contributed by atoms with Crippen molar-refractivity contribution in [2.75, 3.05) is 0 Å². The lowest BCUT2D eigenvalue weighted by Gasteiger charge is -2.33. The van der Waals surface area contributed by atoms with Crippen molar-refractivity contribution in [1.29, 1.82) is 5.41 Å². The molecule has 2 aliphatic rings. The maximum atomic E-state index is 9.30. The largest absolute Gasteiger partial charge is 0.478 e. The van der Waals surface area contributed by atoms with Crippen molar-refractivity contribution in [2.45, 2.75) is 0 Å². The summed E-state index contributed by atoms with van der Waals surface area (Å²) < 4.78 is 6.39. The number of allylic oxidation sites excluding steroid dienone is 3. The highest BCUT2D eigenvalue weighted by atomic mass is 127. The first kappa shape index (κ1) is 32.9. The Balaban J connectivity index is 1.25. The number of aromatic nitrogens is 4. The zero-order valence-corrected chi connectivity index (χ0v) is 31.5. The van der Waals surface area contributed by atoms with E-state index in [9.17, 15) is 5.41 Å². The van der Waals surface area contributed by atoms with Gasteiger partial charge < -0.3 is 5.41 Å². The van der Waals surface area contributed by atoms with Gasteiger partial charge in [0, 0.05) is 34.0 Å². The van der Waals surface area contributed by atoms with Crippen LogP contribution in [0.25, 0.3) is 61.3 Å². The first-order valence-electron chi connectivity index (χ1n) is 17.9. The Bertz CT molecular complexity index is 2910. The third-order valence-electron chi connectivity index (χ3n) is 9.84. The number of fused-ring (bicyclic) bond motifs is 6. The molecule has 0 bridgehead atoms. The molecule has 262 valence electrons. The lowest BCUT2D eigenvalue weighted by atomic mass is 10.0. The Morgan fingerprint density at radius 3 is 2.18 bits per heavy atom. The minimum Gasteiger partial charge on any atom is -0.478 e. The van der Waals surface area contributed by atoms with E-state index in [1.807, 2.05) is 109 Å². The van der Waals surface area contributed by atoms with Gasteiger partial charge in [0.1, 0.15) is 0 Å². The average Bonchev–Trinajstić information content (AvgIpc) is 3.72. The molecule has 55 heavy (non-hydrogen) atoms. The van der Waals surface area contributed by atoms with Gasteiger partial charge in [0.2, 0.25) is 5.95 Å². The summed E-state index contributed by atoms with van der Waals surface area (Å²) in [5, 5.41) is 16.6. The highest BCUT2D eigenvalue weighted by Crippen LogP contribution is 2.57. The van der Waals surface area contributed by atoms with E-state index in [0.29, 0.717) is 23.2 Å². The van der Waals surface area contributed by atoms with Crippen LogP contribution in [0.4, 0.5) is 11.4 Å². The molecule has 0 spiro atoms. The lowest BCUT2D eigenvalue weighted by molar-refractivity contribution is 0.535. The van der Waals surface area contributed by atoms with Gasteiger partial charge in [-0.2, -0.15) is 9.97 Å². The summed E-state index contributed by atoms with van der Waals surface area (Å²) in [5.74, 6) is 1.94. The Labute approximate surface area is 327 Å². The molecule has 0 aliphatic carbocycles. The van der Waals surface area contributed by atoms with Crippen LogP contribution in [-0.2, 0) is 0 Å². The zero-order valence-electron chi connectivity index (χ0n) is 29.3. The van der Waals surface area contributed by atoms with Gasteiger partial charge in [0.15, 0.2) is 23.0 Å². The molecular weight excluding hydrogens is 791 g/mol. The van der Waals surface area contributed by atoms with E-state index in [1.54, 1.807) is 0 Å². The van der Waals surface area contributed by atoms with E-state index < -0.39 is 0 Å². The summed E-state index contributed by atoms with van der Waals surface area (Å²) >= 11 is -0.227. The third kappa shape index (κ3) is 5.72. The molecule has 0 saturated heterocycles. The highest BCUT2D eigenvalue weighted by Gasteiger charge is 2.45. The van der Waals surface area contributed by atoms with Gasteiger partial charge in [-0.3, -0.25) is 4.57 Å². The number of halogens is 1. The fourth-order valence-electron chi connectivity index (χ4n) is 7.30. The maximum Gasteiger partial charge on any atom is 0.238 e. The minimum atomic E-state index is -0.252. The summed E-state index contributed by atoms with van der Waals surface area (Å²) in [6.45, 7) is 0. The Morgan fingerprint density at radius 2 is 1.38 bits per heavy atom. The van der Waals surface area contributed by atoms with E-state index in [1.165, 1.54) is 0 Å². The Kier molecular flexibility index (Phi) is 8.15. The molecule has 8 aromatic rings. The molecule has 8 nitrogen and oxygen atoms in total. The topological polar surface area (TPSA) is 93.9 Å². The molecule has 1 N–H and O–H groups in total. The van der Waals surface area contributed by atoms with Gasteiger partial charge in [-0.05, 0) is 43.3 Å². The average molecular weight is 823 g/mol. The molecule has 0 saturated carbocycles. The molecule has 0 radical (unpaired) electrons. The van der Waals surface area contributed by atoms with Crippen LogP contribution in [0.3, 0.4) is 0 Å². The maximum absolute atomic E-state index is 9.30. The SMILES string of the molecule is N=C([N-][N+]1(/N=C/c2ccccc2)c2ccccc2-c2cc3c(cc21)c1ccccc1n3-c1nc(C2=CC=CI=C2)nc(-c2ccccc2)n1)c1ccccc1. The molecule has 0 fully saturated rings. The highest BCUT2D eigenvalue weighted by molar-refractivity contribution is 14.2. The lowest BCUT2D eigenvalue weighted by Crippen LogP contribution is -2.34. The molecule has 2 aromatic heterocycles. The summed E-state index contributed by atoms with van der Waals surface area (Å²) in [7, 11) is 0. The molecule has 0 amide bonds. The first-order chi connectivity index (χ1) is 27.2. The van der Waals surface area contributed by atoms with Crippen LogP contribution in [-0.4, -0.2) is 35.6 Å². The van der Waals surface area contributed by atoms with Gasteiger partial charge in [0.25, 0.3) is 0 Å². The van der Waals surface area contributed by atoms with Crippen molar-refractivity contribution in [3.8, 4) is 28.5 Å². The molecular formula is C46H31IN8. The van der Waals surface area contributed by atoms with Gasteiger partial charge in [-0.1, -0.05) is 164 Å². The van der Waals surface area contributed by atoms with E-state index in [2.05, 4.69) is 73.3 Å². The number of hydrogen-bond donors (Lipinski definition) is 1. The second-order valence-corrected chi connectivity index (χ2v) is 15.2. The number of hydrogen-bond acceptors (Lipinski definition) is 5. The fourth-order valence-corrected chi connectivity index (χ4v) is 8.83. The normalized spacial score (nSPS) is 15.8. The van der Waals surface area contributed by atoms with Crippen molar-refractivity contribution >= 4 is 75.5 Å². The van der Waals surface area contributed by atoms with Crippen LogP contribution in [0, 0.1) is 5.41 Å². The minimum absolute atomic E-state index is 0.133. The molecule has 6 aromatic carbocycles. The fraction of sp³-hybridized carbons (Fsp3) is 0. The van der Waals surface area contributed by atoms with E-state index in [-0.39, 0.29) is 31.3 Å². The van der Waals surface area contributed by atoms with E-state index >= 15 is 0 Å². The van der Waals surface area contributed by atoms with Crippen molar-refractivity contribution < 1.29 is 0 Å². The van der Waals surface area contributed by atoms with Crippen molar-refractivity contribution in [2.24, 2.45) is 5.10 Å². The first-order valence-corrected chi connectivity index (χ1v) is 20.3. The van der Waals surface area contributed by atoms with Gasteiger partial charge in [-0.25, -0.2) is 10.4 Å². The van der Waals surface area contributed by atoms with Gasteiger partial charge >= 0.3 is 0 Å². The van der Waals surface area contributed by atoms with Crippen LogP contribution < -0.4 is 4.70 Å². The number of quaternary nitrogens is 1. The Morgan fingerprint density at radius 1 is 0.673 bits per heavy atom. The standard InChI is InChI=1S/C46H31IN8/c48-43(32-17-6-2-7-18-32)53-55(49-30-31-15-4-1-5-16-31)41-25-13-11-23-36(41)38-27-40-37(28-42(38)55)35-22-10-12-24-39(35)54(40)46-51-44(33-19-8-3-9-20-33)50-45(52-46)34-21-14-26-47-29-34/h1-30,48H/b48-43?,49-30+. The smallest absolute Gasteiger partial charge is 0.238 e. The predicted octanol–water partition coefficient (Wildman–Crippen LogP) is 11.3. The number of rotatable bonds is 7. The van der Waals surface area contributed by atoms with Crippen molar-refractivity contribution in [1.82, 2.24) is 24.2 Å². The van der Waals surface area contributed by atoms with Crippen molar-refractivity contribution in [3.05, 3.63) is 190 Å². The Hall–Kier alpha value is -6.69. The van der Waals surface area contributed by atoms with E-state index in [0.717, 1.165) is 61.0 Å². The summed E-state index contributed by atoms with van der Waals surface area (Å²) in [6.07, 6.45) is 6.03. The molecule has 9 heteroatoms. The summed E-state index contributed by atoms with van der Waals surface area (Å²) in [4.78, 5) is 15.3. The van der Waals surface area contributed by atoms with Crippen LogP contribution in [0.15, 0.2) is 173 Å². The number of amidine groups is 1. The molecule has 10 rings (SSSR count). The molecule has 1 unspecified atom stereocenters. The van der Waals surface area contributed by atoms with Crippen LogP contribution in [0.5, 0.6) is 0 Å². The number of para-hydroxylation sites is 2. The second kappa shape index (κ2) is 13.6. The third-order valence-corrected chi connectivity index (χ3v) is 11.7. The quantitative estimate of drug-likeness (QED) is 0.0751. The van der Waals surface area contributed by atoms with E-state index in [4.69, 9.17) is 25.5 Å². The number of nitrogens with one attached hydrogen (secondary N) is 1. The summed E-state index contributed by atoms with van der Waals surface area (Å²) in [5.41, 5.74) is 14.4. The van der Waals surface area contributed by atoms with Crippen LogP contribution in [0.2, 0.25) is 0 Å². The summed E-state index contributed by atoms with van der Waals surface area (Å²) in [6, 6.07) is 50.8. The van der Waals surface area contributed by atoms with Crippen LogP contribution in [0.1, 0.15) is 17.0 Å². The zero-order chi connectivity index (χ0) is 36.8. The number of benzene rings is 6. The van der Waals surface area contributed by atoms with Gasteiger partial charge in [-0.15, -0.1) is 0 Å². The molecule has 2 aliphatic heterocycles. The predicted molar refractivity (Wildman–Crippen MR) is 234 cm³/mol. The second-order valence-electron chi connectivity index (χ2n) is 13.2. The van der Waals surface area contributed by atoms with Crippen LogP contribution >= 0.6 is 20.7 Å². The number of nitrogens with zero attached hydrogens (tertiary/aromatic N) is 7. The molecule has 1 atom stereocenters.